The first-order valence-corrected chi connectivity index (χ1v) is 8.39. The molecular formula is C16H25N3O3. The number of likely N-dealkylation sites (tertiary alicyclic amines) is 1. The number of hydrogen-bond donors (Lipinski definition) is 0. The summed E-state index contributed by atoms with van der Waals surface area (Å²) in [5.74, 6) is 2.11. The first-order valence-electron chi connectivity index (χ1n) is 8.39. The maximum absolute atomic E-state index is 12.3. The van der Waals surface area contributed by atoms with Crippen LogP contribution < -0.4 is 0 Å². The second-order valence-electron chi connectivity index (χ2n) is 6.48. The zero-order valence-electron chi connectivity index (χ0n) is 13.3. The van der Waals surface area contributed by atoms with Gasteiger partial charge in [0.1, 0.15) is 6.61 Å². The van der Waals surface area contributed by atoms with Gasteiger partial charge in [0.15, 0.2) is 5.82 Å². The minimum absolute atomic E-state index is 0.183. The SMILES string of the molecule is Cc1noc(COC2CCN(C(=O)CC3CCCC3)CC2)n1. The molecule has 1 amide bonds. The molecular weight excluding hydrogens is 282 g/mol. The number of aromatic nitrogens is 2. The molecule has 1 aliphatic heterocycles. The molecule has 1 saturated heterocycles. The van der Waals surface area contributed by atoms with E-state index in [1.807, 2.05) is 4.90 Å². The third-order valence-electron chi connectivity index (χ3n) is 4.74. The highest BCUT2D eigenvalue weighted by molar-refractivity contribution is 5.76. The van der Waals surface area contributed by atoms with Crippen LogP contribution in [-0.2, 0) is 16.1 Å². The number of piperidine rings is 1. The average molecular weight is 307 g/mol. The molecule has 0 spiro atoms. The van der Waals surface area contributed by atoms with Crippen molar-refractivity contribution in [2.45, 2.75) is 64.6 Å². The van der Waals surface area contributed by atoms with Crippen LogP contribution >= 0.6 is 0 Å². The minimum Gasteiger partial charge on any atom is -0.368 e. The van der Waals surface area contributed by atoms with E-state index in [0.717, 1.165) is 32.4 Å². The van der Waals surface area contributed by atoms with Crippen LogP contribution in [-0.4, -0.2) is 40.1 Å². The van der Waals surface area contributed by atoms with Crippen molar-refractivity contribution in [3.8, 4) is 0 Å². The van der Waals surface area contributed by atoms with Gasteiger partial charge in [-0.2, -0.15) is 4.98 Å². The predicted octanol–water partition coefficient (Wildman–Crippen LogP) is 2.47. The lowest BCUT2D eigenvalue weighted by atomic mass is 10.0. The molecule has 1 aromatic rings. The van der Waals surface area contributed by atoms with Crippen LogP contribution in [0.4, 0.5) is 0 Å². The largest absolute Gasteiger partial charge is 0.368 e. The summed E-state index contributed by atoms with van der Waals surface area (Å²) in [5.41, 5.74) is 0. The van der Waals surface area contributed by atoms with Gasteiger partial charge in [-0.1, -0.05) is 18.0 Å². The number of rotatable bonds is 5. The predicted molar refractivity (Wildman–Crippen MR) is 80.0 cm³/mol. The Morgan fingerprint density at radius 2 is 2.00 bits per heavy atom. The number of carbonyl (C=O) groups excluding carboxylic acids is 1. The van der Waals surface area contributed by atoms with Gasteiger partial charge >= 0.3 is 0 Å². The quantitative estimate of drug-likeness (QED) is 0.836. The normalized spacial score (nSPS) is 20.7. The van der Waals surface area contributed by atoms with Crippen LogP contribution in [0.1, 0.15) is 56.7 Å². The highest BCUT2D eigenvalue weighted by Gasteiger charge is 2.26. The molecule has 1 saturated carbocycles. The molecule has 0 N–H and O–H groups in total. The van der Waals surface area contributed by atoms with Gasteiger partial charge in [-0.15, -0.1) is 0 Å². The summed E-state index contributed by atoms with van der Waals surface area (Å²) in [5, 5.41) is 3.75. The summed E-state index contributed by atoms with van der Waals surface area (Å²) in [6, 6.07) is 0. The maximum atomic E-state index is 12.3. The summed E-state index contributed by atoms with van der Waals surface area (Å²) >= 11 is 0. The van der Waals surface area contributed by atoms with Gasteiger partial charge < -0.3 is 14.2 Å². The topological polar surface area (TPSA) is 68.5 Å². The zero-order valence-corrected chi connectivity index (χ0v) is 13.3. The highest BCUT2D eigenvalue weighted by Crippen LogP contribution is 2.28. The van der Waals surface area contributed by atoms with E-state index in [1.165, 1.54) is 25.7 Å². The van der Waals surface area contributed by atoms with E-state index in [0.29, 0.717) is 30.1 Å². The van der Waals surface area contributed by atoms with E-state index in [-0.39, 0.29) is 6.10 Å². The van der Waals surface area contributed by atoms with Crippen LogP contribution in [0.3, 0.4) is 0 Å². The fraction of sp³-hybridized carbons (Fsp3) is 0.812. The monoisotopic (exact) mass is 307 g/mol. The minimum atomic E-state index is 0.183. The average Bonchev–Trinajstić information content (AvgIpc) is 3.17. The summed E-state index contributed by atoms with van der Waals surface area (Å²) < 4.78 is 10.8. The zero-order chi connectivity index (χ0) is 15.4. The van der Waals surface area contributed by atoms with Crippen LogP contribution in [0.15, 0.2) is 4.52 Å². The molecule has 2 fully saturated rings. The lowest BCUT2D eigenvalue weighted by Crippen LogP contribution is -2.41. The smallest absolute Gasteiger partial charge is 0.252 e. The molecule has 0 unspecified atom stereocenters. The standard InChI is InChI=1S/C16H25N3O3/c1-12-17-15(22-18-12)11-21-14-6-8-19(9-7-14)16(20)10-13-4-2-3-5-13/h13-14H,2-11H2,1H3. The molecule has 0 radical (unpaired) electrons. The third kappa shape index (κ3) is 4.06. The molecule has 1 aromatic heterocycles. The molecule has 6 heteroatoms. The second kappa shape index (κ2) is 7.22. The Morgan fingerprint density at radius 3 is 2.64 bits per heavy atom. The Hall–Kier alpha value is -1.43. The van der Waals surface area contributed by atoms with Crippen molar-refractivity contribution in [3.05, 3.63) is 11.7 Å². The van der Waals surface area contributed by atoms with E-state index in [2.05, 4.69) is 10.1 Å². The Balaban J connectivity index is 1.37. The molecule has 1 aliphatic carbocycles. The molecule has 0 aromatic carbocycles. The summed E-state index contributed by atoms with van der Waals surface area (Å²) in [4.78, 5) is 18.4. The summed E-state index contributed by atoms with van der Waals surface area (Å²) in [6.45, 7) is 3.77. The molecule has 22 heavy (non-hydrogen) atoms. The molecule has 3 rings (SSSR count). The van der Waals surface area contributed by atoms with E-state index in [1.54, 1.807) is 6.92 Å². The van der Waals surface area contributed by atoms with Gasteiger partial charge in [0.2, 0.25) is 5.91 Å². The highest BCUT2D eigenvalue weighted by atomic mass is 16.5. The lowest BCUT2D eigenvalue weighted by molar-refractivity contribution is -0.135. The molecule has 2 heterocycles. The van der Waals surface area contributed by atoms with Gasteiger partial charge in [0.05, 0.1) is 6.10 Å². The Morgan fingerprint density at radius 1 is 1.27 bits per heavy atom. The van der Waals surface area contributed by atoms with Crippen LogP contribution in [0.25, 0.3) is 0 Å². The van der Waals surface area contributed by atoms with Crippen molar-refractivity contribution >= 4 is 5.91 Å². The lowest BCUT2D eigenvalue weighted by Gasteiger charge is -2.32. The fourth-order valence-corrected chi connectivity index (χ4v) is 3.45. The van der Waals surface area contributed by atoms with Gasteiger partial charge in [-0.3, -0.25) is 4.79 Å². The second-order valence-corrected chi connectivity index (χ2v) is 6.48. The third-order valence-corrected chi connectivity index (χ3v) is 4.74. The first kappa shape index (κ1) is 15.5. The van der Waals surface area contributed by atoms with Crippen LogP contribution in [0.5, 0.6) is 0 Å². The molecule has 2 aliphatic rings. The van der Waals surface area contributed by atoms with Crippen molar-refractivity contribution in [2.75, 3.05) is 13.1 Å². The number of hydrogen-bond acceptors (Lipinski definition) is 5. The molecule has 122 valence electrons. The molecule has 0 atom stereocenters. The molecule has 6 nitrogen and oxygen atoms in total. The first-order chi connectivity index (χ1) is 10.7. The van der Waals surface area contributed by atoms with Crippen molar-refractivity contribution < 1.29 is 14.1 Å². The number of nitrogens with zero attached hydrogens (tertiary/aromatic N) is 3. The van der Waals surface area contributed by atoms with Gasteiger partial charge in [0.25, 0.3) is 5.89 Å². The van der Waals surface area contributed by atoms with E-state index in [4.69, 9.17) is 9.26 Å². The number of ether oxygens (including phenoxy) is 1. The van der Waals surface area contributed by atoms with Crippen molar-refractivity contribution in [3.63, 3.8) is 0 Å². The number of amides is 1. The van der Waals surface area contributed by atoms with E-state index >= 15 is 0 Å². The van der Waals surface area contributed by atoms with Crippen LogP contribution in [0.2, 0.25) is 0 Å². The van der Waals surface area contributed by atoms with Gasteiger partial charge in [0, 0.05) is 19.5 Å². The van der Waals surface area contributed by atoms with Crippen molar-refractivity contribution in [2.24, 2.45) is 5.92 Å². The van der Waals surface area contributed by atoms with Crippen molar-refractivity contribution in [1.29, 1.82) is 0 Å². The van der Waals surface area contributed by atoms with Crippen molar-refractivity contribution in [1.82, 2.24) is 15.0 Å². The van der Waals surface area contributed by atoms with E-state index < -0.39 is 0 Å². The molecule has 0 bridgehead atoms. The fourth-order valence-electron chi connectivity index (χ4n) is 3.45. The number of aryl methyl sites for hydroxylation is 1. The maximum Gasteiger partial charge on any atom is 0.252 e. The van der Waals surface area contributed by atoms with Gasteiger partial charge in [-0.05, 0) is 38.5 Å². The Kier molecular flexibility index (Phi) is 5.08. The summed E-state index contributed by atoms with van der Waals surface area (Å²) in [7, 11) is 0. The van der Waals surface area contributed by atoms with Crippen LogP contribution in [0, 0.1) is 12.8 Å². The number of carbonyl (C=O) groups is 1. The summed E-state index contributed by atoms with van der Waals surface area (Å²) in [6.07, 6.45) is 7.76. The van der Waals surface area contributed by atoms with Gasteiger partial charge in [-0.25, -0.2) is 0 Å². The van der Waals surface area contributed by atoms with E-state index in [9.17, 15) is 4.79 Å². The Labute approximate surface area is 131 Å². The Bertz CT molecular complexity index is 489.